The van der Waals surface area contributed by atoms with E-state index in [1.165, 1.54) is 18.7 Å². The van der Waals surface area contributed by atoms with E-state index in [2.05, 4.69) is 11.8 Å². The number of aromatic carboxylic acids is 1. The van der Waals surface area contributed by atoms with Crippen LogP contribution >= 0.6 is 11.8 Å². The Kier molecular flexibility index (Phi) is 5.47. The summed E-state index contributed by atoms with van der Waals surface area (Å²) in [6, 6.07) is 4.87. The van der Waals surface area contributed by atoms with Gasteiger partial charge in [0, 0.05) is 24.7 Å². The van der Waals surface area contributed by atoms with Crippen molar-refractivity contribution >= 4 is 22.8 Å². The molecule has 4 heteroatoms. The molecule has 18 heavy (non-hydrogen) atoms. The SMILES string of the molecule is CC(=O)SCCC#Cc1ccc(C(=O)O)cc1C. The molecule has 0 unspecified atom stereocenters. The lowest BCUT2D eigenvalue weighted by atomic mass is 10.1. The molecule has 0 aromatic heterocycles. The van der Waals surface area contributed by atoms with Crippen LogP contribution < -0.4 is 0 Å². The Morgan fingerprint density at radius 3 is 2.67 bits per heavy atom. The summed E-state index contributed by atoms with van der Waals surface area (Å²) in [5, 5.41) is 8.92. The number of hydrogen-bond donors (Lipinski definition) is 1. The number of carboxylic acid groups (broad SMARTS) is 1. The van der Waals surface area contributed by atoms with E-state index in [-0.39, 0.29) is 10.7 Å². The first-order valence-electron chi connectivity index (χ1n) is 5.47. The van der Waals surface area contributed by atoms with Crippen LogP contribution in [0.1, 0.15) is 34.8 Å². The molecule has 1 N–H and O–H groups in total. The molecule has 0 aliphatic carbocycles. The molecule has 0 bridgehead atoms. The van der Waals surface area contributed by atoms with Gasteiger partial charge in [-0.1, -0.05) is 23.6 Å². The molecule has 0 fully saturated rings. The van der Waals surface area contributed by atoms with Gasteiger partial charge in [-0.25, -0.2) is 4.79 Å². The molecule has 0 spiro atoms. The van der Waals surface area contributed by atoms with Gasteiger partial charge in [0.25, 0.3) is 0 Å². The van der Waals surface area contributed by atoms with Gasteiger partial charge in [-0.2, -0.15) is 0 Å². The molecular weight excluding hydrogens is 248 g/mol. The first-order valence-corrected chi connectivity index (χ1v) is 6.45. The van der Waals surface area contributed by atoms with Gasteiger partial charge in [0.2, 0.25) is 0 Å². The molecule has 3 nitrogen and oxygen atoms in total. The van der Waals surface area contributed by atoms with Gasteiger partial charge in [0.1, 0.15) is 0 Å². The zero-order valence-electron chi connectivity index (χ0n) is 10.3. The highest BCUT2D eigenvalue weighted by molar-refractivity contribution is 8.13. The molecular formula is C14H14O3S. The van der Waals surface area contributed by atoms with Crippen molar-refractivity contribution in [2.24, 2.45) is 0 Å². The maximum absolute atomic E-state index is 10.8. The molecule has 0 atom stereocenters. The summed E-state index contributed by atoms with van der Waals surface area (Å²) >= 11 is 1.26. The van der Waals surface area contributed by atoms with Gasteiger partial charge >= 0.3 is 5.97 Å². The molecule has 94 valence electrons. The average molecular weight is 262 g/mol. The van der Waals surface area contributed by atoms with Crippen molar-refractivity contribution in [3.05, 3.63) is 34.9 Å². The van der Waals surface area contributed by atoms with Crippen molar-refractivity contribution in [3.8, 4) is 11.8 Å². The Balaban J connectivity index is 2.65. The van der Waals surface area contributed by atoms with Crippen molar-refractivity contribution < 1.29 is 14.7 Å². The van der Waals surface area contributed by atoms with Crippen LogP contribution in [0.4, 0.5) is 0 Å². The highest BCUT2D eigenvalue weighted by atomic mass is 32.2. The molecule has 1 aromatic carbocycles. The predicted molar refractivity (Wildman–Crippen MR) is 72.8 cm³/mol. The number of thioether (sulfide) groups is 1. The Hall–Kier alpha value is -1.73. The molecule has 0 heterocycles. The summed E-state index contributed by atoms with van der Waals surface area (Å²) < 4.78 is 0. The Morgan fingerprint density at radius 2 is 2.11 bits per heavy atom. The molecule has 0 saturated heterocycles. The van der Waals surface area contributed by atoms with Gasteiger partial charge in [-0.3, -0.25) is 4.79 Å². The van der Waals surface area contributed by atoms with Crippen LogP contribution in [-0.4, -0.2) is 21.9 Å². The number of rotatable bonds is 3. The first-order chi connectivity index (χ1) is 8.50. The fourth-order valence-corrected chi connectivity index (χ4v) is 1.83. The zero-order valence-corrected chi connectivity index (χ0v) is 11.1. The van der Waals surface area contributed by atoms with E-state index in [0.717, 1.165) is 11.1 Å². The Bertz CT molecular complexity index is 524. The van der Waals surface area contributed by atoms with Crippen LogP contribution in [0.2, 0.25) is 0 Å². The van der Waals surface area contributed by atoms with Gasteiger partial charge in [-0.05, 0) is 30.7 Å². The quantitative estimate of drug-likeness (QED) is 0.672. The van der Waals surface area contributed by atoms with Crippen LogP contribution in [0.3, 0.4) is 0 Å². The first kappa shape index (κ1) is 14.3. The smallest absolute Gasteiger partial charge is 0.335 e. The minimum absolute atomic E-state index is 0.0961. The van der Waals surface area contributed by atoms with Crippen molar-refractivity contribution in [2.75, 3.05) is 5.75 Å². The predicted octanol–water partition coefficient (Wildman–Crippen LogP) is 2.71. The third-order valence-electron chi connectivity index (χ3n) is 2.23. The summed E-state index contributed by atoms with van der Waals surface area (Å²) in [5.74, 6) is 5.72. The summed E-state index contributed by atoms with van der Waals surface area (Å²) in [5.41, 5.74) is 1.94. The molecule has 0 aliphatic heterocycles. The van der Waals surface area contributed by atoms with E-state index in [0.29, 0.717) is 12.2 Å². The standard InChI is InChI=1S/C14H14O3S/c1-10-9-13(14(16)17)7-6-12(10)5-3-4-8-18-11(2)15/h6-7,9H,4,8H2,1-2H3,(H,16,17). The summed E-state index contributed by atoms with van der Waals surface area (Å²) in [7, 11) is 0. The van der Waals surface area contributed by atoms with Crippen molar-refractivity contribution in [1.82, 2.24) is 0 Å². The lowest BCUT2D eigenvalue weighted by Crippen LogP contribution is -1.97. The van der Waals surface area contributed by atoms with Crippen LogP contribution in [0.15, 0.2) is 18.2 Å². The Morgan fingerprint density at radius 1 is 1.39 bits per heavy atom. The summed E-state index contributed by atoms with van der Waals surface area (Å²) in [6.07, 6.45) is 0.643. The van der Waals surface area contributed by atoms with Gasteiger partial charge < -0.3 is 5.11 Å². The highest BCUT2D eigenvalue weighted by Crippen LogP contribution is 2.10. The number of carbonyl (C=O) groups is 2. The van der Waals surface area contributed by atoms with E-state index in [1.807, 2.05) is 6.92 Å². The van der Waals surface area contributed by atoms with Crippen LogP contribution in [0, 0.1) is 18.8 Å². The second kappa shape index (κ2) is 6.87. The average Bonchev–Trinajstić information content (AvgIpc) is 2.29. The normalized spacial score (nSPS) is 9.44. The minimum atomic E-state index is -0.935. The number of carbonyl (C=O) groups excluding carboxylic acids is 1. The van der Waals surface area contributed by atoms with E-state index in [1.54, 1.807) is 18.2 Å². The van der Waals surface area contributed by atoms with E-state index < -0.39 is 5.97 Å². The Labute approximate surface area is 111 Å². The highest BCUT2D eigenvalue weighted by Gasteiger charge is 2.03. The molecule has 0 aliphatic rings. The third kappa shape index (κ3) is 4.64. The second-order valence-electron chi connectivity index (χ2n) is 3.73. The molecule has 0 amide bonds. The fraction of sp³-hybridized carbons (Fsp3) is 0.286. The molecule has 0 saturated carbocycles. The third-order valence-corrected chi connectivity index (χ3v) is 3.04. The maximum Gasteiger partial charge on any atom is 0.335 e. The van der Waals surface area contributed by atoms with Crippen molar-refractivity contribution in [2.45, 2.75) is 20.3 Å². The topological polar surface area (TPSA) is 54.4 Å². The number of carboxylic acids is 1. The van der Waals surface area contributed by atoms with Crippen LogP contribution in [-0.2, 0) is 4.79 Å². The van der Waals surface area contributed by atoms with Gasteiger partial charge in [0.15, 0.2) is 5.12 Å². The zero-order chi connectivity index (χ0) is 13.5. The van der Waals surface area contributed by atoms with E-state index >= 15 is 0 Å². The van der Waals surface area contributed by atoms with Gasteiger partial charge in [-0.15, -0.1) is 0 Å². The monoisotopic (exact) mass is 262 g/mol. The summed E-state index contributed by atoms with van der Waals surface area (Å²) in [6.45, 7) is 3.37. The number of aryl methyl sites for hydroxylation is 1. The lowest BCUT2D eigenvalue weighted by molar-refractivity contribution is -0.109. The molecule has 1 rings (SSSR count). The number of hydrogen-bond acceptors (Lipinski definition) is 3. The lowest BCUT2D eigenvalue weighted by Gasteiger charge is -1.99. The van der Waals surface area contributed by atoms with Crippen molar-refractivity contribution in [1.29, 1.82) is 0 Å². The summed E-state index contributed by atoms with van der Waals surface area (Å²) in [4.78, 5) is 21.4. The van der Waals surface area contributed by atoms with Crippen LogP contribution in [0.25, 0.3) is 0 Å². The second-order valence-corrected chi connectivity index (χ2v) is 5.00. The van der Waals surface area contributed by atoms with E-state index in [4.69, 9.17) is 5.11 Å². The van der Waals surface area contributed by atoms with Crippen LogP contribution in [0.5, 0.6) is 0 Å². The van der Waals surface area contributed by atoms with Crippen molar-refractivity contribution in [3.63, 3.8) is 0 Å². The fourth-order valence-electron chi connectivity index (χ4n) is 1.34. The number of benzene rings is 1. The largest absolute Gasteiger partial charge is 0.478 e. The van der Waals surface area contributed by atoms with Gasteiger partial charge in [0.05, 0.1) is 5.56 Å². The molecule has 0 radical (unpaired) electrons. The van der Waals surface area contributed by atoms with E-state index in [9.17, 15) is 9.59 Å². The minimum Gasteiger partial charge on any atom is -0.478 e. The maximum atomic E-state index is 10.8. The molecule has 1 aromatic rings.